The van der Waals surface area contributed by atoms with Crippen LogP contribution in [0, 0.1) is 6.92 Å². The van der Waals surface area contributed by atoms with Gasteiger partial charge in [0.1, 0.15) is 11.5 Å². The van der Waals surface area contributed by atoms with Crippen molar-refractivity contribution < 1.29 is 19.1 Å². The molecular formula is C12H18N2O4. The number of carbonyl (C=O) groups is 2. The van der Waals surface area contributed by atoms with Crippen molar-refractivity contribution >= 4 is 11.9 Å². The second-order valence-electron chi connectivity index (χ2n) is 4.33. The Hall–Kier alpha value is -1.82. The van der Waals surface area contributed by atoms with Gasteiger partial charge in [0.05, 0.1) is 19.6 Å². The van der Waals surface area contributed by atoms with Crippen LogP contribution in [0.4, 0.5) is 0 Å². The number of amides is 1. The fourth-order valence-corrected chi connectivity index (χ4v) is 1.53. The lowest BCUT2D eigenvalue weighted by Crippen LogP contribution is -2.38. The van der Waals surface area contributed by atoms with E-state index in [0.29, 0.717) is 12.3 Å². The van der Waals surface area contributed by atoms with Gasteiger partial charge >= 0.3 is 5.97 Å². The van der Waals surface area contributed by atoms with E-state index in [4.69, 9.17) is 9.52 Å². The predicted molar refractivity (Wildman–Crippen MR) is 65.1 cm³/mol. The molecule has 0 radical (unpaired) electrons. The Balaban J connectivity index is 2.44. The highest BCUT2D eigenvalue weighted by Gasteiger charge is 2.14. The van der Waals surface area contributed by atoms with Gasteiger partial charge in [0.15, 0.2) is 0 Å². The average molecular weight is 254 g/mol. The lowest BCUT2D eigenvalue weighted by atomic mass is 10.4. The second-order valence-corrected chi connectivity index (χ2v) is 4.33. The highest BCUT2D eigenvalue weighted by atomic mass is 16.4. The molecule has 0 saturated carbocycles. The van der Waals surface area contributed by atoms with E-state index in [0.717, 1.165) is 5.76 Å². The summed E-state index contributed by atoms with van der Waals surface area (Å²) in [4.78, 5) is 25.2. The number of furan rings is 1. The molecular weight excluding hydrogens is 236 g/mol. The zero-order chi connectivity index (χ0) is 13.7. The smallest absolute Gasteiger partial charge is 0.317 e. The lowest BCUT2D eigenvalue weighted by Gasteiger charge is -2.19. The standard InChI is InChI=1S/C12H18N2O4/c1-9-4-5-10(18-9)6-14(3)11(15)7-13(2)8-12(16)17/h4-5H,6-8H2,1-3H3,(H,16,17). The van der Waals surface area contributed by atoms with Crippen LogP contribution in [-0.2, 0) is 16.1 Å². The van der Waals surface area contributed by atoms with Gasteiger partial charge < -0.3 is 14.4 Å². The molecule has 0 bridgehead atoms. The molecule has 1 rings (SSSR count). The SMILES string of the molecule is Cc1ccc(CN(C)C(=O)CN(C)CC(=O)O)o1. The third-order valence-corrected chi connectivity index (χ3v) is 2.43. The second kappa shape index (κ2) is 6.20. The van der Waals surface area contributed by atoms with Crippen LogP contribution in [0.2, 0.25) is 0 Å². The molecule has 1 aromatic heterocycles. The third-order valence-electron chi connectivity index (χ3n) is 2.43. The van der Waals surface area contributed by atoms with Crippen LogP contribution >= 0.6 is 0 Å². The molecule has 6 nitrogen and oxygen atoms in total. The summed E-state index contributed by atoms with van der Waals surface area (Å²) in [5.74, 6) is 0.417. The number of hydrogen-bond donors (Lipinski definition) is 1. The molecule has 0 atom stereocenters. The van der Waals surface area contributed by atoms with Gasteiger partial charge in [-0.1, -0.05) is 0 Å². The zero-order valence-corrected chi connectivity index (χ0v) is 10.8. The van der Waals surface area contributed by atoms with Gasteiger partial charge in [-0.2, -0.15) is 0 Å². The first-order valence-electron chi connectivity index (χ1n) is 5.58. The van der Waals surface area contributed by atoms with E-state index >= 15 is 0 Å². The number of nitrogens with zero attached hydrogens (tertiary/aromatic N) is 2. The summed E-state index contributed by atoms with van der Waals surface area (Å²) in [5, 5.41) is 8.59. The molecule has 0 spiro atoms. The van der Waals surface area contributed by atoms with Crippen LogP contribution in [0.1, 0.15) is 11.5 Å². The van der Waals surface area contributed by atoms with Crippen LogP contribution in [0.15, 0.2) is 16.5 Å². The molecule has 18 heavy (non-hydrogen) atoms. The van der Waals surface area contributed by atoms with Gasteiger partial charge in [-0.05, 0) is 26.1 Å². The van der Waals surface area contributed by atoms with Crippen molar-refractivity contribution in [3.05, 3.63) is 23.7 Å². The summed E-state index contributed by atoms with van der Waals surface area (Å²) in [6.07, 6.45) is 0. The number of aryl methyl sites for hydroxylation is 1. The van der Waals surface area contributed by atoms with Crippen LogP contribution < -0.4 is 0 Å². The first-order chi connectivity index (χ1) is 8.38. The summed E-state index contributed by atoms with van der Waals surface area (Å²) in [6, 6.07) is 3.66. The van der Waals surface area contributed by atoms with Crippen molar-refractivity contribution in [3.63, 3.8) is 0 Å². The lowest BCUT2D eigenvalue weighted by molar-refractivity contribution is -0.139. The third kappa shape index (κ3) is 4.58. The molecule has 1 aromatic rings. The fraction of sp³-hybridized carbons (Fsp3) is 0.500. The summed E-state index contributed by atoms with van der Waals surface area (Å²) in [5.41, 5.74) is 0. The van der Waals surface area contributed by atoms with Gasteiger partial charge in [-0.25, -0.2) is 0 Å². The molecule has 0 aliphatic carbocycles. The Bertz CT molecular complexity index is 427. The number of carboxylic acids is 1. The Morgan fingerprint density at radius 1 is 1.28 bits per heavy atom. The topological polar surface area (TPSA) is 74.0 Å². The maximum atomic E-state index is 11.8. The van der Waals surface area contributed by atoms with Crippen molar-refractivity contribution in [1.29, 1.82) is 0 Å². The summed E-state index contributed by atoms with van der Waals surface area (Å²) in [6.45, 7) is 2.14. The molecule has 0 aliphatic rings. The highest BCUT2D eigenvalue weighted by molar-refractivity contribution is 5.78. The maximum absolute atomic E-state index is 11.8. The minimum absolute atomic E-state index is 0.0719. The number of carbonyl (C=O) groups excluding carboxylic acids is 1. The van der Waals surface area contributed by atoms with Crippen LogP contribution in [0.3, 0.4) is 0 Å². The maximum Gasteiger partial charge on any atom is 0.317 e. The van der Waals surface area contributed by atoms with Gasteiger partial charge in [-0.15, -0.1) is 0 Å². The largest absolute Gasteiger partial charge is 0.480 e. The Labute approximate surface area is 106 Å². The Kier molecular flexibility index (Phi) is 4.91. The molecule has 6 heteroatoms. The minimum atomic E-state index is -0.949. The average Bonchev–Trinajstić information content (AvgIpc) is 2.62. The molecule has 0 saturated heterocycles. The van der Waals surface area contributed by atoms with Crippen molar-refractivity contribution in [2.75, 3.05) is 27.2 Å². The quantitative estimate of drug-likeness (QED) is 0.803. The van der Waals surface area contributed by atoms with Crippen molar-refractivity contribution in [3.8, 4) is 0 Å². The van der Waals surface area contributed by atoms with Gasteiger partial charge in [0, 0.05) is 7.05 Å². The molecule has 0 unspecified atom stereocenters. The highest BCUT2D eigenvalue weighted by Crippen LogP contribution is 2.08. The number of aliphatic carboxylic acids is 1. The molecule has 100 valence electrons. The summed E-state index contributed by atoms with van der Waals surface area (Å²) >= 11 is 0. The summed E-state index contributed by atoms with van der Waals surface area (Å²) < 4.78 is 5.37. The number of rotatable bonds is 6. The normalized spacial score (nSPS) is 10.7. The van der Waals surface area contributed by atoms with Gasteiger partial charge in [-0.3, -0.25) is 14.5 Å². The first-order valence-corrected chi connectivity index (χ1v) is 5.58. The first kappa shape index (κ1) is 14.2. The Morgan fingerprint density at radius 3 is 2.44 bits per heavy atom. The van der Waals surface area contributed by atoms with Crippen molar-refractivity contribution in [2.45, 2.75) is 13.5 Å². The van der Waals surface area contributed by atoms with Crippen LogP contribution in [-0.4, -0.2) is 54.0 Å². The van der Waals surface area contributed by atoms with Gasteiger partial charge in [0.2, 0.25) is 5.91 Å². The minimum Gasteiger partial charge on any atom is -0.480 e. The van der Waals surface area contributed by atoms with E-state index in [9.17, 15) is 9.59 Å². The van der Waals surface area contributed by atoms with E-state index < -0.39 is 5.97 Å². The molecule has 1 amide bonds. The number of carboxylic acid groups (broad SMARTS) is 1. The zero-order valence-electron chi connectivity index (χ0n) is 10.8. The summed E-state index contributed by atoms with van der Waals surface area (Å²) in [7, 11) is 3.26. The Morgan fingerprint density at radius 2 is 1.94 bits per heavy atom. The molecule has 0 fully saturated rings. The van der Waals surface area contributed by atoms with E-state index in [-0.39, 0.29) is 19.0 Å². The monoisotopic (exact) mass is 254 g/mol. The number of hydrogen-bond acceptors (Lipinski definition) is 4. The van der Waals surface area contributed by atoms with Crippen molar-refractivity contribution in [2.24, 2.45) is 0 Å². The molecule has 0 aromatic carbocycles. The van der Waals surface area contributed by atoms with E-state index in [2.05, 4.69) is 0 Å². The van der Waals surface area contributed by atoms with E-state index in [1.807, 2.05) is 19.1 Å². The van der Waals surface area contributed by atoms with Crippen LogP contribution in [0.5, 0.6) is 0 Å². The molecule has 1 heterocycles. The predicted octanol–water partition coefficient (Wildman–Crippen LogP) is 0.563. The number of likely N-dealkylation sites (N-methyl/N-ethyl adjacent to an activating group) is 2. The van der Waals surface area contributed by atoms with Crippen LogP contribution in [0.25, 0.3) is 0 Å². The van der Waals surface area contributed by atoms with Crippen molar-refractivity contribution in [1.82, 2.24) is 9.80 Å². The molecule has 1 N–H and O–H groups in total. The van der Waals surface area contributed by atoms with E-state index in [1.54, 1.807) is 14.1 Å². The van der Waals surface area contributed by atoms with E-state index in [1.165, 1.54) is 9.80 Å². The van der Waals surface area contributed by atoms with Gasteiger partial charge in [0.25, 0.3) is 0 Å². The fourth-order valence-electron chi connectivity index (χ4n) is 1.53. The molecule has 0 aliphatic heterocycles.